The van der Waals surface area contributed by atoms with E-state index in [0.717, 1.165) is 10.7 Å². The van der Waals surface area contributed by atoms with E-state index in [1.54, 1.807) is 0 Å². The highest BCUT2D eigenvalue weighted by atomic mass is 32.1. The van der Waals surface area contributed by atoms with Crippen LogP contribution in [-0.4, -0.2) is 70.3 Å². The fourth-order valence-corrected chi connectivity index (χ4v) is 4.83. The molecule has 0 N–H and O–H groups in total. The van der Waals surface area contributed by atoms with Crippen LogP contribution in [0.5, 0.6) is 0 Å². The van der Waals surface area contributed by atoms with Crippen molar-refractivity contribution in [2.75, 3.05) is 32.8 Å². The number of allylic oxidation sites excluding steroid dienone is 2. The molecule has 27 heavy (non-hydrogen) atoms. The number of aryl methyl sites for hydroxylation is 1. The van der Waals surface area contributed by atoms with E-state index in [0.29, 0.717) is 52.1 Å². The molecule has 0 aromatic carbocycles. The first-order valence-electron chi connectivity index (χ1n) is 9.44. The molecule has 3 aliphatic rings. The topological polar surface area (TPSA) is 73.8 Å². The molecule has 0 radical (unpaired) electrons. The molecule has 0 unspecified atom stereocenters. The van der Waals surface area contributed by atoms with Gasteiger partial charge < -0.3 is 4.90 Å². The summed E-state index contributed by atoms with van der Waals surface area (Å²) in [6.45, 7) is 4.86. The van der Waals surface area contributed by atoms with Crippen molar-refractivity contribution in [2.45, 2.75) is 26.2 Å². The maximum Gasteiger partial charge on any atom is 0.234 e. The summed E-state index contributed by atoms with van der Waals surface area (Å²) in [7, 11) is 0. The molecule has 1 aliphatic carbocycles. The summed E-state index contributed by atoms with van der Waals surface area (Å²) in [4.78, 5) is 47.3. The highest BCUT2D eigenvalue weighted by Gasteiger charge is 2.47. The van der Waals surface area contributed by atoms with Gasteiger partial charge in [-0.15, -0.1) is 11.3 Å². The van der Waals surface area contributed by atoms with Crippen LogP contribution in [0.25, 0.3) is 0 Å². The van der Waals surface area contributed by atoms with Crippen LogP contribution in [0.4, 0.5) is 0 Å². The largest absolute Gasteiger partial charge is 0.340 e. The van der Waals surface area contributed by atoms with E-state index in [1.165, 1.54) is 16.2 Å². The number of hydrogen-bond acceptors (Lipinski definition) is 6. The smallest absolute Gasteiger partial charge is 0.234 e. The molecule has 3 amide bonds. The third-order valence-electron chi connectivity index (χ3n) is 5.63. The first kappa shape index (κ1) is 18.3. The molecule has 3 heterocycles. The van der Waals surface area contributed by atoms with Crippen molar-refractivity contribution in [3.63, 3.8) is 0 Å². The molecule has 0 spiro atoms. The summed E-state index contributed by atoms with van der Waals surface area (Å²) in [6, 6.07) is 0. The number of nitrogens with zero attached hydrogens (tertiary/aromatic N) is 4. The second-order valence-corrected chi connectivity index (χ2v) is 8.40. The molecule has 2 fully saturated rings. The molecule has 4 rings (SSSR count). The van der Waals surface area contributed by atoms with Crippen molar-refractivity contribution >= 4 is 29.1 Å². The van der Waals surface area contributed by atoms with Gasteiger partial charge in [0.25, 0.3) is 0 Å². The number of piperazine rings is 1. The summed E-state index contributed by atoms with van der Waals surface area (Å²) in [5.74, 6) is -0.326. The predicted molar refractivity (Wildman–Crippen MR) is 101 cm³/mol. The standard InChI is InChI=1S/C19H24N4O3S/c1-13-11-27-16(20-13)10-17(24)22-8-6-21(7-9-22)12-23-18(25)14-4-2-3-5-15(14)19(23)26/h2-3,11,14-15H,4-10,12H2,1H3/t14-,15-/m1/s1. The zero-order chi connectivity index (χ0) is 19.0. The molecule has 144 valence electrons. The Kier molecular flexibility index (Phi) is 5.10. The average Bonchev–Trinajstić information content (AvgIpc) is 3.19. The highest BCUT2D eigenvalue weighted by Crippen LogP contribution is 2.35. The van der Waals surface area contributed by atoms with Crippen molar-refractivity contribution in [1.29, 1.82) is 0 Å². The monoisotopic (exact) mass is 388 g/mol. The van der Waals surface area contributed by atoms with Gasteiger partial charge >= 0.3 is 0 Å². The molecule has 2 atom stereocenters. The maximum absolute atomic E-state index is 12.6. The lowest BCUT2D eigenvalue weighted by Crippen LogP contribution is -2.52. The van der Waals surface area contributed by atoms with Crippen LogP contribution in [0.1, 0.15) is 23.5 Å². The summed E-state index contributed by atoms with van der Waals surface area (Å²) < 4.78 is 0. The minimum atomic E-state index is -0.174. The molecule has 2 saturated heterocycles. The Bertz CT molecular complexity index is 756. The zero-order valence-electron chi connectivity index (χ0n) is 15.5. The molecule has 2 aliphatic heterocycles. The van der Waals surface area contributed by atoms with Crippen LogP contribution in [0, 0.1) is 18.8 Å². The van der Waals surface area contributed by atoms with E-state index >= 15 is 0 Å². The zero-order valence-corrected chi connectivity index (χ0v) is 16.3. The van der Waals surface area contributed by atoms with Crippen LogP contribution < -0.4 is 0 Å². The van der Waals surface area contributed by atoms with Gasteiger partial charge in [0.2, 0.25) is 17.7 Å². The van der Waals surface area contributed by atoms with Crippen LogP contribution in [-0.2, 0) is 20.8 Å². The number of hydrogen-bond donors (Lipinski definition) is 0. The van der Waals surface area contributed by atoms with Crippen molar-refractivity contribution in [3.05, 3.63) is 28.2 Å². The SMILES string of the molecule is Cc1csc(CC(=O)N2CCN(CN3C(=O)[C@@H]4CC=CC[C@H]4C3=O)CC2)n1. The second kappa shape index (κ2) is 7.52. The normalized spacial score (nSPS) is 26.0. The van der Waals surface area contributed by atoms with Crippen LogP contribution >= 0.6 is 11.3 Å². The lowest BCUT2D eigenvalue weighted by atomic mass is 9.85. The number of imide groups is 1. The number of carbonyl (C=O) groups is 3. The average molecular weight is 388 g/mol. The van der Waals surface area contributed by atoms with Crippen LogP contribution in [0.3, 0.4) is 0 Å². The minimum absolute atomic E-state index is 0.0352. The Morgan fingerprint density at radius 2 is 1.74 bits per heavy atom. The van der Waals surface area contributed by atoms with E-state index in [9.17, 15) is 14.4 Å². The first-order chi connectivity index (χ1) is 13.0. The molecule has 1 aromatic heterocycles. The second-order valence-electron chi connectivity index (χ2n) is 7.46. The summed E-state index contributed by atoms with van der Waals surface area (Å²) in [5.41, 5.74) is 0.948. The van der Waals surface area contributed by atoms with Gasteiger partial charge in [0, 0.05) is 37.3 Å². The predicted octanol–water partition coefficient (Wildman–Crippen LogP) is 1.05. The van der Waals surface area contributed by atoms with Crippen LogP contribution in [0.2, 0.25) is 0 Å². The third-order valence-corrected chi connectivity index (χ3v) is 6.60. The Balaban J connectivity index is 1.29. The number of amides is 3. The summed E-state index contributed by atoms with van der Waals surface area (Å²) in [6.07, 6.45) is 5.70. The summed E-state index contributed by atoms with van der Waals surface area (Å²) >= 11 is 1.52. The number of carbonyl (C=O) groups excluding carboxylic acids is 3. The lowest BCUT2D eigenvalue weighted by molar-refractivity contribution is -0.144. The third kappa shape index (κ3) is 3.68. The number of aromatic nitrogens is 1. The first-order valence-corrected chi connectivity index (χ1v) is 10.3. The number of thiazole rings is 1. The van der Waals surface area contributed by atoms with Crippen molar-refractivity contribution < 1.29 is 14.4 Å². The Hall–Kier alpha value is -2.06. The maximum atomic E-state index is 12.6. The molecule has 0 bridgehead atoms. The van der Waals surface area contributed by atoms with Gasteiger partial charge in [-0.2, -0.15) is 0 Å². The Morgan fingerprint density at radius 1 is 1.11 bits per heavy atom. The molecule has 0 saturated carbocycles. The van der Waals surface area contributed by atoms with Crippen molar-refractivity contribution in [2.24, 2.45) is 11.8 Å². The Morgan fingerprint density at radius 3 is 2.30 bits per heavy atom. The molecular weight excluding hydrogens is 364 g/mol. The Labute approximate surface area is 162 Å². The minimum Gasteiger partial charge on any atom is -0.340 e. The molecule has 8 heteroatoms. The van der Waals surface area contributed by atoms with E-state index in [1.807, 2.05) is 29.4 Å². The fraction of sp³-hybridized carbons (Fsp3) is 0.579. The molecular formula is C19H24N4O3S. The van der Waals surface area contributed by atoms with Crippen LogP contribution in [0.15, 0.2) is 17.5 Å². The summed E-state index contributed by atoms with van der Waals surface area (Å²) in [5, 5.41) is 2.81. The highest BCUT2D eigenvalue weighted by molar-refractivity contribution is 7.09. The number of rotatable bonds is 4. The van der Waals surface area contributed by atoms with Gasteiger partial charge in [-0.1, -0.05) is 12.2 Å². The van der Waals surface area contributed by atoms with Gasteiger partial charge in [0.1, 0.15) is 5.01 Å². The molecule has 1 aromatic rings. The molecule has 7 nitrogen and oxygen atoms in total. The van der Waals surface area contributed by atoms with Gasteiger partial charge in [0.15, 0.2) is 0 Å². The van der Waals surface area contributed by atoms with Crippen molar-refractivity contribution in [3.8, 4) is 0 Å². The fourth-order valence-electron chi connectivity index (χ4n) is 4.07. The van der Waals surface area contributed by atoms with E-state index in [-0.39, 0.29) is 29.6 Å². The lowest BCUT2D eigenvalue weighted by Gasteiger charge is -2.36. The van der Waals surface area contributed by atoms with Gasteiger partial charge in [-0.25, -0.2) is 4.98 Å². The van der Waals surface area contributed by atoms with E-state index < -0.39 is 0 Å². The van der Waals surface area contributed by atoms with E-state index in [4.69, 9.17) is 0 Å². The van der Waals surface area contributed by atoms with Crippen molar-refractivity contribution in [1.82, 2.24) is 19.7 Å². The van der Waals surface area contributed by atoms with Gasteiger partial charge in [-0.05, 0) is 19.8 Å². The number of fused-ring (bicyclic) bond motifs is 1. The van der Waals surface area contributed by atoms with Gasteiger partial charge in [-0.3, -0.25) is 24.2 Å². The van der Waals surface area contributed by atoms with Gasteiger partial charge in [0.05, 0.1) is 24.9 Å². The number of likely N-dealkylation sites (tertiary alicyclic amines) is 1. The van der Waals surface area contributed by atoms with E-state index in [2.05, 4.69) is 9.88 Å². The quantitative estimate of drug-likeness (QED) is 0.569.